The van der Waals surface area contributed by atoms with E-state index in [1.54, 1.807) is 0 Å². The topological polar surface area (TPSA) is 72.5 Å². The van der Waals surface area contributed by atoms with Crippen LogP contribution >= 0.6 is 0 Å². The summed E-state index contributed by atoms with van der Waals surface area (Å²) >= 11 is 0. The van der Waals surface area contributed by atoms with Crippen LogP contribution in [0.5, 0.6) is 0 Å². The summed E-state index contributed by atoms with van der Waals surface area (Å²) in [5.41, 5.74) is 5.31. The van der Waals surface area contributed by atoms with E-state index < -0.39 is 44.6 Å². The Bertz CT molecular complexity index is 703. The number of aliphatic imine (C=N–C) groups is 1. The van der Waals surface area contributed by atoms with Crippen molar-refractivity contribution in [3.63, 3.8) is 0 Å². The van der Waals surface area contributed by atoms with Gasteiger partial charge >= 0.3 is 0 Å². The lowest BCUT2D eigenvalue weighted by Crippen LogP contribution is -2.55. The second-order valence-electron chi connectivity index (χ2n) is 5.38. The largest absolute Gasteiger partial charge is 0.386 e. The molecule has 2 atom stereocenters. The number of halogens is 3. The van der Waals surface area contributed by atoms with E-state index in [0.29, 0.717) is 0 Å². The van der Waals surface area contributed by atoms with Crippen LogP contribution in [0.25, 0.3) is 0 Å². The molecule has 1 aliphatic rings. The van der Waals surface area contributed by atoms with E-state index in [-0.39, 0.29) is 5.56 Å². The maximum atomic E-state index is 14.3. The van der Waals surface area contributed by atoms with E-state index in [9.17, 15) is 21.6 Å². The molecular formula is C13H15F3N2O2S. The molecule has 0 aromatic heterocycles. The van der Waals surface area contributed by atoms with Crippen LogP contribution in [-0.4, -0.2) is 31.2 Å². The van der Waals surface area contributed by atoms with E-state index in [0.717, 1.165) is 19.2 Å². The van der Waals surface area contributed by atoms with Crippen molar-refractivity contribution in [2.75, 3.05) is 6.26 Å². The summed E-state index contributed by atoms with van der Waals surface area (Å²) in [5, 5.41) is 0. The van der Waals surface area contributed by atoms with E-state index in [4.69, 9.17) is 5.73 Å². The highest BCUT2D eigenvalue weighted by molar-refractivity contribution is 7.92. The van der Waals surface area contributed by atoms with Crippen LogP contribution in [0.3, 0.4) is 0 Å². The first-order chi connectivity index (χ1) is 9.49. The first-order valence-electron chi connectivity index (χ1n) is 6.14. The summed E-state index contributed by atoms with van der Waals surface area (Å²) in [6, 6.07) is 3.18. The van der Waals surface area contributed by atoms with Crippen LogP contribution in [0, 0.1) is 5.82 Å². The summed E-state index contributed by atoms with van der Waals surface area (Å²) in [6.45, 7) is 1.10. The molecule has 1 aromatic carbocycles. The fourth-order valence-corrected chi connectivity index (χ4v) is 3.21. The van der Waals surface area contributed by atoms with Gasteiger partial charge in [-0.15, -0.1) is 0 Å². The van der Waals surface area contributed by atoms with Crippen LogP contribution < -0.4 is 5.73 Å². The molecule has 2 rings (SSSR count). The van der Waals surface area contributed by atoms with E-state index >= 15 is 0 Å². The molecule has 0 aliphatic carbocycles. The average Bonchev–Trinajstić information content (AvgIpc) is 2.33. The van der Waals surface area contributed by atoms with Gasteiger partial charge < -0.3 is 5.73 Å². The van der Waals surface area contributed by atoms with Crippen molar-refractivity contribution >= 4 is 15.7 Å². The fourth-order valence-electron chi connectivity index (χ4n) is 2.32. The Balaban J connectivity index is 2.60. The molecule has 0 amide bonds. The molecule has 2 unspecified atom stereocenters. The van der Waals surface area contributed by atoms with Crippen molar-refractivity contribution in [3.8, 4) is 0 Å². The number of rotatable bonds is 2. The molecule has 1 aromatic rings. The lowest BCUT2D eigenvalue weighted by molar-refractivity contribution is -0.0432. The van der Waals surface area contributed by atoms with Gasteiger partial charge in [-0.05, 0) is 13.0 Å². The molecule has 0 bridgehead atoms. The van der Waals surface area contributed by atoms with E-state index in [2.05, 4.69) is 4.99 Å². The number of nitrogens with two attached hydrogens (primary N) is 1. The summed E-state index contributed by atoms with van der Waals surface area (Å²) in [5.74, 6) is -4.78. The Morgan fingerprint density at radius 3 is 2.43 bits per heavy atom. The SMILES string of the molecule is CC1(S(C)(=O)=O)CC(F)(F)C(c2ccccc2F)N=C1N. The molecule has 21 heavy (non-hydrogen) atoms. The maximum Gasteiger partial charge on any atom is 0.276 e. The molecule has 1 aliphatic heterocycles. The molecular weight excluding hydrogens is 305 g/mol. The van der Waals surface area contributed by atoms with E-state index in [1.165, 1.54) is 18.2 Å². The summed E-state index contributed by atoms with van der Waals surface area (Å²) in [7, 11) is -3.89. The molecule has 0 fully saturated rings. The Hall–Kier alpha value is -1.57. The molecule has 4 nitrogen and oxygen atoms in total. The Kier molecular flexibility index (Phi) is 3.56. The van der Waals surface area contributed by atoms with Gasteiger partial charge in [0, 0.05) is 18.2 Å². The van der Waals surface area contributed by atoms with Crippen molar-refractivity contribution in [2.45, 2.75) is 30.1 Å². The van der Waals surface area contributed by atoms with Crippen molar-refractivity contribution < 1.29 is 21.6 Å². The van der Waals surface area contributed by atoms with Gasteiger partial charge in [0.15, 0.2) is 9.84 Å². The number of sulfone groups is 1. The summed E-state index contributed by atoms with van der Waals surface area (Å²) in [6.07, 6.45) is -0.206. The zero-order chi connectivity index (χ0) is 16.1. The number of benzene rings is 1. The molecule has 2 N–H and O–H groups in total. The monoisotopic (exact) mass is 320 g/mol. The first-order valence-corrected chi connectivity index (χ1v) is 8.04. The number of alkyl halides is 2. The van der Waals surface area contributed by atoms with Gasteiger partial charge in [0.2, 0.25) is 0 Å². The number of hydrogen-bond donors (Lipinski definition) is 1. The molecule has 0 radical (unpaired) electrons. The van der Waals surface area contributed by atoms with Gasteiger partial charge in [-0.25, -0.2) is 21.6 Å². The normalized spacial score (nSPS) is 29.0. The first kappa shape index (κ1) is 15.8. The summed E-state index contributed by atoms with van der Waals surface area (Å²) < 4.78 is 63.9. The summed E-state index contributed by atoms with van der Waals surface area (Å²) in [4.78, 5) is 3.61. The molecule has 116 valence electrons. The lowest BCUT2D eigenvalue weighted by atomic mass is 9.88. The minimum atomic E-state index is -3.89. The quantitative estimate of drug-likeness (QED) is 0.906. The third-order valence-corrected chi connectivity index (χ3v) is 5.79. The van der Waals surface area contributed by atoms with Crippen LogP contribution in [0.4, 0.5) is 13.2 Å². The van der Waals surface area contributed by atoms with Gasteiger partial charge in [-0.2, -0.15) is 0 Å². The fraction of sp³-hybridized carbons (Fsp3) is 0.462. The van der Waals surface area contributed by atoms with Gasteiger partial charge in [-0.1, -0.05) is 18.2 Å². The molecule has 0 saturated heterocycles. The van der Waals surface area contributed by atoms with Crippen molar-refractivity contribution in [2.24, 2.45) is 10.7 Å². The second kappa shape index (κ2) is 4.72. The number of nitrogens with zero attached hydrogens (tertiary/aromatic N) is 1. The maximum absolute atomic E-state index is 14.3. The Morgan fingerprint density at radius 1 is 1.33 bits per heavy atom. The van der Waals surface area contributed by atoms with Crippen molar-refractivity contribution in [1.29, 1.82) is 0 Å². The highest BCUT2D eigenvalue weighted by Crippen LogP contribution is 2.46. The van der Waals surface area contributed by atoms with E-state index in [1.807, 2.05) is 0 Å². The predicted molar refractivity (Wildman–Crippen MR) is 73.6 cm³/mol. The highest BCUT2D eigenvalue weighted by Gasteiger charge is 2.56. The predicted octanol–water partition coefficient (Wildman–Crippen LogP) is 2.07. The zero-order valence-corrected chi connectivity index (χ0v) is 12.3. The standard InChI is InChI=1S/C13H15F3N2O2S/c1-12(21(2,19)20)7-13(15,16)10(18-11(12)17)8-5-3-4-6-9(8)14/h3-6,10H,7H2,1-2H3,(H2,17,18). The smallest absolute Gasteiger partial charge is 0.276 e. The molecule has 1 heterocycles. The molecule has 8 heteroatoms. The third kappa shape index (κ3) is 2.52. The van der Waals surface area contributed by atoms with Gasteiger partial charge in [0.25, 0.3) is 5.92 Å². The molecule has 0 saturated carbocycles. The van der Waals surface area contributed by atoms with Crippen molar-refractivity contribution in [1.82, 2.24) is 0 Å². The van der Waals surface area contributed by atoms with Crippen LogP contribution in [-0.2, 0) is 9.84 Å². The van der Waals surface area contributed by atoms with Crippen LogP contribution in [0.2, 0.25) is 0 Å². The van der Waals surface area contributed by atoms with Crippen LogP contribution in [0.15, 0.2) is 29.3 Å². The number of hydrogen-bond acceptors (Lipinski definition) is 4. The van der Waals surface area contributed by atoms with Crippen molar-refractivity contribution in [3.05, 3.63) is 35.6 Å². The van der Waals surface area contributed by atoms with Crippen LogP contribution in [0.1, 0.15) is 24.9 Å². The Morgan fingerprint density at radius 2 is 1.90 bits per heavy atom. The minimum absolute atomic E-state index is 0.305. The second-order valence-corrected chi connectivity index (χ2v) is 7.82. The van der Waals surface area contributed by atoms with Gasteiger partial charge in [0.05, 0.1) is 0 Å². The number of amidine groups is 1. The lowest BCUT2D eigenvalue weighted by Gasteiger charge is -2.38. The minimum Gasteiger partial charge on any atom is -0.386 e. The molecule has 0 spiro atoms. The van der Waals surface area contributed by atoms with Gasteiger partial charge in [-0.3, -0.25) is 4.99 Å². The Labute approximate surface area is 120 Å². The van der Waals surface area contributed by atoms with Gasteiger partial charge in [0.1, 0.15) is 22.4 Å². The zero-order valence-electron chi connectivity index (χ0n) is 11.5. The third-order valence-electron chi connectivity index (χ3n) is 3.80. The average molecular weight is 320 g/mol. The highest BCUT2D eigenvalue weighted by atomic mass is 32.2.